The minimum atomic E-state index is -3.33. The summed E-state index contributed by atoms with van der Waals surface area (Å²) in [5, 5.41) is 12.6. The highest BCUT2D eigenvalue weighted by Crippen LogP contribution is 2.12. The molecule has 92 valence electrons. The molecule has 0 atom stereocenters. The maximum absolute atomic E-state index is 12.0. The van der Waals surface area contributed by atoms with Crippen LogP contribution in [0, 0.1) is 11.3 Å². The molecule has 0 aliphatic rings. The van der Waals surface area contributed by atoms with Crippen LogP contribution in [0.1, 0.15) is 5.56 Å². The fourth-order valence-electron chi connectivity index (χ4n) is 1.50. The monoisotopic (exact) mass is 261 g/mol. The molecule has 1 heterocycles. The summed E-state index contributed by atoms with van der Waals surface area (Å²) in [7, 11) is -3.33. The summed E-state index contributed by atoms with van der Waals surface area (Å²) >= 11 is 0. The van der Waals surface area contributed by atoms with Crippen molar-refractivity contribution in [1.82, 2.24) is 9.78 Å². The average molecular weight is 261 g/mol. The van der Waals surface area contributed by atoms with Gasteiger partial charge in [0.05, 0.1) is 28.8 Å². The Balaban J connectivity index is 2.13. The van der Waals surface area contributed by atoms with Crippen LogP contribution in [0.4, 0.5) is 0 Å². The number of sulfone groups is 1. The van der Waals surface area contributed by atoms with E-state index in [-0.39, 0.29) is 10.6 Å². The molecule has 0 aliphatic carbocycles. The van der Waals surface area contributed by atoms with Crippen molar-refractivity contribution in [3.8, 4) is 6.07 Å². The first kappa shape index (κ1) is 12.3. The third-order valence-electron chi connectivity index (χ3n) is 2.49. The number of nitrogens with zero attached hydrogens (tertiary/aromatic N) is 3. The van der Waals surface area contributed by atoms with Crippen LogP contribution in [0.5, 0.6) is 0 Å². The number of benzene rings is 1. The zero-order valence-electron chi connectivity index (χ0n) is 9.52. The van der Waals surface area contributed by atoms with E-state index in [1.165, 1.54) is 24.3 Å². The Morgan fingerprint density at radius 2 is 2.00 bits per heavy atom. The van der Waals surface area contributed by atoms with Crippen LogP contribution in [0.25, 0.3) is 0 Å². The van der Waals surface area contributed by atoms with E-state index in [2.05, 4.69) is 5.10 Å². The molecule has 2 aromatic rings. The van der Waals surface area contributed by atoms with Gasteiger partial charge in [-0.05, 0) is 30.3 Å². The molecule has 0 saturated heterocycles. The van der Waals surface area contributed by atoms with E-state index < -0.39 is 9.84 Å². The number of rotatable bonds is 4. The lowest BCUT2D eigenvalue weighted by Gasteiger charge is -2.04. The Labute approximate surface area is 105 Å². The molecule has 0 spiro atoms. The van der Waals surface area contributed by atoms with Gasteiger partial charge in [-0.3, -0.25) is 4.68 Å². The predicted octanol–water partition coefficient (Wildman–Crippen LogP) is 1.23. The molecule has 0 bridgehead atoms. The first-order chi connectivity index (χ1) is 8.62. The molecule has 0 unspecified atom stereocenters. The van der Waals surface area contributed by atoms with Gasteiger partial charge in [-0.2, -0.15) is 10.4 Å². The molecule has 0 N–H and O–H groups in total. The van der Waals surface area contributed by atoms with Gasteiger partial charge in [0.1, 0.15) is 0 Å². The molecule has 18 heavy (non-hydrogen) atoms. The summed E-state index contributed by atoms with van der Waals surface area (Å²) in [5.41, 5.74) is 0.445. The van der Waals surface area contributed by atoms with Crippen molar-refractivity contribution in [3.05, 3.63) is 48.3 Å². The molecule has 2 rings (SSSR count). The Bertz CT molecular complexity index is 652. The maximum atomic E-state index is 12.0. The Morgan fingerprint density at radius 1 is 1.28 bits per heavy atom. The van der Waals surface area contributed by atoms with Gasteiger partial charge in [0.15, 0.2) is 9.84 Å². The fourth-order valence-corrected chi connectivity index (χ4v) is 2.71. The normalized spacial score (nSPS) is 11.1. The Hall–Kier alpha value is -2.13. The van der Waals surface area contributed by atoms with Gasteiger partial charge in [-0.15, -0.1) is 0 Å². The van der Waals surface area contributed by atoms with Crippen molar-refractivity contribution in [2.75, 3.05) is 5.75 Å². The lowest BCUT2D eigenvalue weighted by molar-refractivity contribution is 0.580. The maximum Gasteiger partial charge on any atom is 0.180 e. The van der Waals surface area contributed by atoms with E-state index in [1.54, 1.807) is 23.1 Å². The standard InChI is InChI=1S/C12H11N3O2S/c13-10-11-2-4-12(5-3-11)18(16,17)9-8-15-7-1-6-14-15/h1-7H,8-9H2. The highest BCUT2D eigenvalue weighted by molar-refractivity contribution is 7.91. The van der Waals surface area contributed by atoms with Crippen LogP contribution < -0.4 is 0 Å². The summed E-state index contributed by atoms with van der Waals surface area (Å²) in [6.45, 7) is 0.315. The second-order valence-corrected chi connectivity index (χ2v) is 5.83. The highest BCUT2D eigenvalue weighted by atomic mass is 32.2. The van der Waals surface area contributed by atoms with Crippen molar-refractivity contribution in [2.45, 2.75) is 11.4 Å². The number of hydrogen-bond acceptors (Lipinski definition) is 4. The third-order valence-corrected chi connectivity index (χ3v) is 4.20. The molecular formula is C12H11N3O2S. The largest absolute Gasteiger partial charge is 0.272 e. The lowest BCUT2D eigenvalue weighted by atomic mass is 10.2. The second-order valence-electron chi connectivity index (χ2n) is 3.72. The molecule has 5 nitrogen and oxygen atoms in total. The van der Waals surface area contributed by atoms with Gasteiger partial charge < -0.3 is 0 Å². The van der Waals surface area contributed by atoms with Gasteiger partial charge in [0.25, 0.3) is 0 Å². The van der Waals surface area contributed by atoms with Gasteiger partial charge in [0.2, 0.25) is 0 Å². The van der Waals surface area contributed by atoms with Gasteiger partial charge in [0, 0.05) is 12.4 Å². The van der Waals surface area contributed by atoms with Crippen LogP contribution in [0.2, 0.25) is 0 Å². The average Bonchev–Trinajstić information content (AvgIpc) is 2.90. The summed E-state index contributed by atoms with van der Waals surface area (Å²) in [5.74, 6) is -0.0133. The SMILES string of the molecule is N#Cc1ccc(S(=O)(=O)CCn2cccn2)cc1. The third kappa shape index (κ3) is 2.76. The van der Waals surface area contributed by atoms with E-state index in [9.17, 15) is 8.42 Å². The van der Waals surface area contributed by atoms with Crippen LogP contribution in [0.15, 0.2) is 47.6 Å². The van der Waals surface area contributed by atoms with E-state index in [1.807, 2.05) is 6.07 Å². The van der Waals surface area contributed by atoms with E-state index in [4.69, 9.17) is 5.26 Å². The first-order valence-corrected chi connectivity index (χ1v) is 6.97. The van der Waals surface area contributed by atoms with Gasteiger partial charge in [-0.1, -0.05) is 0 Å². The Kier molecular flexibility index (Phi) is 3.44. The highest BCUT2D eigenvalue weighted by Gasteiger charge is 2.14. The lowest BCUT2D eigenvalue weighted by Crippen LogP contribution is -2.13. The molecular weight excluding hydrogens is 250 g/mol. The molecule has 0 saturated carbocycles. The molecule has 6 heteroatoms. The summed E-state index contributed by atoms with van der Waals surface area (Å²) in [6, 6.07) is 9.61. The smallest absolute Gasteiger partial charge is 0.180 e. The van der Waals surface area contributed by atoms with E-state index in [0.717, 1.165) is 0 Å². The molecule has 0 fully saturated rings. The van der Waals surface area contributed by atoms with Crippen molar-refractivity contribution in [2.24, 2.45) is 0 Å². The number of hydrogen-bond donors (Lipinski definition) is 0. The predicted molar refractivity (Wildman–Crippen MR) is 65.4 cm³/mol. The van der Waals surface area contributed by atoms with Crippen molar-refractivity contribution >= 4 is 9.84 Å². The van der Waals surface area contributed by atoms with Gasteiger partial charge >= 0.3 is 0 Å². The summed E-state index contributed by atoms with van der Waals surface area (Å²) < 4.78 is 25.6. The molecule has 0 amide bonds. The van der Waals surface area contributed by atoms with Crippen molar-refractivity contribution < 1.29 is 8.42 Å². The quantitative estimate of drug-likeness (QED) is 0.829. The van der Waals surface area contributed by atoms with Crippen molar-refractivity contribution in [1.29, 1.82) is 5.26 Å². The zero-order chi connectivity index (χ0) is 13.0. The molecule has 1 aromatic carbocycles. The number of aromatic nitrogens is 2. The Morgan fingerprint density at radius 3 is 2.56 bits per heavy atom. The molecule has 0 radical (unpaired) electrons. The molecule has 0 aliphatic heterocycles. The second kappa shape index (κ2) is 5.02. The van der Waals surface area contributed by atoms with Gasteiger partial charge in [-0.25, -0.2) is 8.42 Å². The number of nitriles is 1. The summed E-state index contributed by atoms with van der Waals surface area (Å²) in [6.07, 6.45) is 3.32. The van der Waals surface area contributed by atoms with Crippen LogP contribution in [0.3, 0.4) is 0 Å². The van der Waals surface area contributed by atoms with Crippen LogP contribution in [-0.4, -0.2) is 24.0 Å². The topological polar surface area (TPSA) is 75.8 Å². The zero-order valence-corrected chi connectivity index (χ0v) is 10.3. The first-order valence-electron chi connectivity index (χ1n) is 5.32. The minimum Gasteiger partial charge on any atom is -0.272 e. The van der Waals surface area contributed by atoms with Crippen LogP contribution >= 0.6 is 0 Å². The van der Waals surface area contributed by atoms with Crippen LogP contribution in [-0.2, 0) is 16.4 Å². The summed E-state index contributed by atoms with van der Waals surface area (Å²) in [4.78, 5) is 0.230. The minimum absolute atomic E-state index is 0.0133. The molecule has 1 aromatic heterocycles. The van der Waals surface area contributed by atoms with Crippen molar-refractivity contribution in [3.63, 3.8) is 0 Å². The van der Waals surface area contributed by atoms with E-state index >= 15 is 0 Å². The number of aryl methyl sites for hydroxylation is 1. The van der Waals surface area contributed by atoms with E-state index in [0.29, 0.717) is 12.1 Å². The fraction of sp³-hybridized carbons (Fsp3) is 0.167.